The Hall–Kier alpha value is -4.90. The third kappa shape index (κ3) is 7.79. The number of fused-ring (bicyclic) bond motifs is 5. The molecule has 1 saturated heterocycles. The summed E-state index contributed by atoms with van der Waals surface area (Å²) in [5.41, 5.74) is 3.56. The number of benzene rings is 3. The van der Waals surface area contributed by atoms with E-state index >= 15 is 0 Å². The molecular weight excluding hydrogens is 577 g/mol. The van der Waals surface area contributed by atoms with Crippen LogP contribution in [0.4, 0.5) is 4.39 Å². The van der Waals surface area contributed by atoms with E-state index in [1.54, 1.807) is 24.4 Å². The lowest BCUT2D eigenvalue weighted by molar-refractivity contribution is -0.125. The number of hydrogen-bond acceptors (Lipinski definition) is 7. The molecule has 2 atom stereocenters. The zero-order chi connectivity index (χ0) is 31.2. The van der Waals surface area contributed by atoms with E-state index in [0.29, 0.717) is 48.7 Å². The molecule has 234 valence electrons. The summed E-state index contributed by atoms with van der Waals surface area (Å²) in [4.78, 5) is 28.1. The van der Waals surface area contributed by atoms with Crippen molar-refractivity contribution < 1.29 is 28.2 Å². The zero-order valence-electron chi connectivity index (χ0n) is 25.1. The molecule has 0 aliphatic carbocycles. The smallest absolute Gasteiger partial charge is 0.258 e. The van der Waals surface area contributed by atoms with Gasteiger partial charge in [-0.05, 0) is 72.0 Å². The fourth-order valence-corrected chi connectivity index (χ4v) is 5.75. The van der Waals surface area contributed by atoms with Crippen molar-refractivity contribution >= 4 is 11.8 Å². The summed E-state index contributed by atoms with van der Waals surface area (Å²) in [5, 5.41) is 10.3. The molecule has 3 heterocycles. The van der Waals surface area contributed by atoms with Crippen LogP contribution in [0.5, 0.6) is 17.2 Å². The number of ether oxygens (including phenoxy) is 3. The number of nitrogens with zero attached hydrogens (tertiary/aromatic N) is 3. The number of carbonyl (C=O) groups is 2. The molecule has 6 rings (SSSR count). The van der Waals surface area contributed by atoms with Crippen LogP contribution in [-0.4, -0.2) is 65.4 Å². The standard InChI is InChI=1S/C34H36FN5O5/c1-43-31-9-5-23-6-10-33(41)36-19-25-15-26(35)18-28(16-25)45-30-11-14-39(21-29(30)38-34(42)22-44-32(31)17-23)20-24-3-7-27(8-4-24)40-13-2-12-37-40/h2-5,7-9,12-13,15-18,29-30H,6,10-11,14,19-22H2,1H3,(H,36,41)(H,38,42)/t29-,30-/m1/s1. The van der Waals surface area contributed by atoms with Crippen LogP contribution in [0.25, 0.3) is 5.69 Å². The molecule has 4 aromatic rings. The van der Waals surface area contributed by atoms with Crippen LogP contribution >= 0.6 is 0 Å². The largest absolute Gasteiger partial charge is 0.493 e. The molecule has 2 aliphatic rings. The van der Waals surface area contributed by atoms with Crippen molar-refractivity contribution in [2.24, 2.45) is 0 Å². The third-order valence-corrected chi connectivity index (χ3v) is 8.03. The molecule has 1 aromatic heterocycles. The molecule has 2 amide bonds. The lowest BCUT2D eigenvalue weighted by Crippen LogP contribution is -2.57. The second kappa shape index (κ2) is 13.8. The number of carbonyl (C=O) groups excluding carboxylic acids is 2. The summed E-state index contributed by atoms with van der Waals surface area (Å²) in [7, 11) is 1.54. The van der Waals surface area contributed by atoms with Gasteiger partial charge in [-0.15, -0.1) is 0 Å². The molecular formula is C34H36FN5O5. The van der Waals surface area contributed by atoms with Gasteiger partial charge in [0.25, 0.3) is 5.91 Å². The van der Waals surface area contributed by atoms with Crippen LogP contribution in [0, 0.1) is 5.82 Å². The molecule has 1 fully saturated rings. The van der Waals surface area contributed by atoms with Crippen LogP contribution in [0.3, 0.4) is 0 Å². The van der Waals surface area contributed by atoms with Crippen molar-refractivity contribution in [3.05, 3.63) is 102 Å². The Bertz CT molecular complexity index is 1630. The maximum atomic E-state index is 14.6. The molecule has 0 radical (unpaired) electrons. The van der Waals surface area contributed by atoms with Crippen LogP contribution in [0.2, 0.25) is 0 Å². The highest BCUT2D eigenvalue weighted by molar-refractivity contribution is 5.78. The third-order valence-electron chi connectivity index (χ3n) is 8.03. The van der Waals surface area contributed by atoms with Gasteiger partial charge in [0, 0.05) is 51.1 Å². The molecule has 0 unspecified atom stereocenters. The van der Waals surface area contributed by atoms with Crippen molar-refractivity contribution in [2.75, 3.05) is 26.8 Å². The molecule has 2 N–H and O–H groups in total. The molecule has 11 heteroatoms. The van der Waals surface area contributed by atoms with Gasteiger partial charge in [-0.2, -0.15) is 5.10 Å². The quantitative estimate of drug-likeness (QED) is 0.361. The van der Waals surface area contributed by atoms with Gasteiger partial charge in [0.2, 0.25) is 5.91 Å². The first-order valence-corrected chi connectivity index (χ1v) is 15.0. The summed E-state index contributed by atoms with van der Waals surface area (Å²) in [6.45, 7) is 1.86. The van der Waals surface area contributed by atoms with E-state index in [-0.39, 0.29) is 31.4 Å². The predicted octanol–water partition coefficient (Wildman–Crippen LogP) is 3.80. The van der Waals surface area contributed by atoms with Gasteiger partial charge in [0.15, 0.2) is 18.1 Å². The SMILES string of the molecule is COc1ccc2cc1OCC(=O)N[C@@H]1CN(Cc3ccc(-n4cccn4)cc3)CC[C@H]1Oc1cc(F)cc(c1)CNC(=O)CC2. The Balaban J connectivity index is 1.21. The Labute approximate surface area is 261 Å². The van der Waals surface area contributed by atoms with Gasteiger partial charge >= 0.3 is 0 Å². The summed E-state index contributed by atoms with van der Waals surface area (Å²) >= 11 is 0. The van der Waals surface area contributed by atoms with Gasteiger partial charge in [-0.3, -0.25) is 14.5 Å². The number of rotatable bonds is 4. The van der Waals surface area contributed by atoms with E-state index in [0.717, 1.165) is 23.4 Å². The summed E-state index contributed by atoms with van der Waals surface area (Å²) in [6, 6.07) is 19.6. The number of aryl methyl sites for hydroxylation is 1. The number of methoxy groups -OCH3 is 1. The normalized spacial score (nSPS) is 19.5. The minimum Gasteiger partial charge on any atom is -0.493 e. The maximum absolute atomic E-state index is 14.6. The second-order valence-electron chi connectivity index (χ2n) is 11.3. The molecule has 10 nitrogen and oxygen atoms in total. The average molecular weight is 614 g/mol. The number of halogens is 1. The van der Waals surface area contributed by atoms with E-state index < -0.39 is 18.0 Å². The Morgan fingerprint density at radius 2 is 1.89 bits per heavy atom. The van der Waals surface area contributed by atoms with Gasteiger partial charge in [0.1, 0.15) is 17.7 Å². The maximum Gasteiger partial charge on any atom is 0.258 e. The lowest BCUT2D eigenvalue weighted by Gasteiger charge is -2.39. The van der Waals surface area contributed by atoms with E-state index in [9.17, 15) is 14.0 Å². The average Bonchev–Trinajstić information content (AvgIpc) is 3.58. The minimum atomic E-state index is -0.457. The van der Waals surface area contributed by atoms with Crippen molar-refractivity contribution in [1.29, 1.82) is 0 Å². The number of aromatic nitrogens is 2. The second-order valence-corrected chi connectivity index (χ2v) is 11.3. The highest BCUT2D eigenvalue weighted by Crippen LogP contribution is 2.29. The van der Waals surface area contributed by atoms with Crippen LogP contribution in [0.1, 0.15) is 29.5 Å². The monoisotopic (exact) mass is 613 g/mol. The van der Waals surface area contributed by atoms with Gasteiger partial charge < -0.3 is 24.8 Å². The first-order chi connectivity index (χ1) is 21.9. The lowest BCUT2D eigenvalue weighted by atomic mass is 10.0. The first kappa shape index (κ1) is 30.1. The number of hydrogen-bond donors (Lipinski definition) is 2. The van der Waals surface area contributed by atoms with Crippen molar-refractivity contribution in [1.82, 2.24) is 25.3 Å². The fourth-order valence-electron chi connectivity index (χ4n) is 5.75. The molecule has 45 heavy (non-hydrogen) atoms. The number of amides is 2. The Morgan fingerprint density at radius 1 is 1.02 bits per heavy atom. The minimum absolute atomic E-state index is 0.163. The predicted molar refractivity (Wildman–Crippen MR) is 165 cm³/mol. The van der Waals surface area contributed by atoms with Crippen molar-refractivity contribution in [3.63, 3.8) is 0 Å². The van der Waals surface area contributed by atoms with E-state index in [2.05, 4.69) is 32.8 Å². The summed E-state index contributed by atoms with van der Waals surface area (Å²) in [5.74, 6) is 0.337. The first-order valence-electron chi connectivity index (χ1n) is 15.0. The van der Waals surface area contributed by atoms with Crippen molar-refractivity contribution in [2.45, 2.75) is 44.5 Å². The van der Waals surface area contributed by atoms with Gasteiger partial charge in [0.05, 0.1) is 18.8 Å². The number of likely N-dealkylation sites (tertiary alicyclic amines) is 1. The number of piperidine rings is 1. The highest BCUT2D eigenvalue weighted by atomic mass is 19.1. The molecule has 3 aromatic carbocycles. The van der Waals surface area contributed by atoms with Crippen LogP contribution < -0.4 is 24.8 Å². The Morgan fingerprint density at radius 3 is 2.69 bits per heavy atom. The molecule has 0 saturated carbocycles. The Kier molecular flexibility index (Phi) is 9.25. The van der Waals surface area contributed by atoms with Crippen molar-refractivity contribution in [3.8, 4) is 22.9 Å². The van der Waals surface area contributed by atoms with E-state index in [4.69, 9.17) is 14.2 Å². The van der Waals surface area contributed by atoms with Crippen LogP contribution in [-0.2, 0) is 29.1 Å². The summed E-state index contributed by atoms with van der Waals surface area (Å²) in [6.07, 6.45) is 4.54. The van der Waals surface area contributed by atoms with E-state index in [1.165, 1.54) is 19.2 Å². The summed E-state index contributed by atoms with van der Waals surface area (Å²) < 4.78 is 34.1. The van der Waals surface area contributed by atoms with Gasteiger partial charge in [-0.1, -0.05) is 18.2 Å². The zero-order valence-corrected chi connectivity index (χ0v) is 25.1. The van der Waals surface area contributed by atoms with E-state index in [1.807, 2.05) is 35.1 Å². The topological polar surface area (TPSA) is 107 Å². The van der Waals surface area contributed by atoms with Gasteiger partial charge in [-0.25, -0.2) is 9.07 Å². The fraction of sp³-hybridized carbons (Fsp3) is 0.324. The molecule has 0 spiro atoms. The van der Waals surface area contributed by atoms with Crippen LogP contribution in [0.15, 0.2) is 79.1 Å². The number of nitrogens with one attached hydrogen (secondary N) is 2. The molecule has 4 bridgehead atoms. The molecule has 2 aliphatic heterocycles. The highest BCUT2D eigenvalue weighted by Gasteiger charge is 2.32.